The molecule has 2 unspecified atom stereocenters. The molecule has 0 spiro atoms. The van der Waals surface area contributed by atoms with Gasteiger partial charge in [-0.2, -0.15) is 5.26 Å². The highest BCUT2D eigenvalue weighted by Gasteiger charge is 2.37. The predicted molar refractivity (Wildman–Crippen MR) is 79.7 cm³/mol. The summed E-state index contributed by atoms with van der Waals surface area (Å²) in [7, 11) is 0. The van der Waals surface area contributed by atoms with Crippen LogP contribution < -0.4 is 5.32 Å². The van der Waals surface area contributed by atoms with Crippen molar-refractivity contribution in [2.45, 2.75) is 6.92 Å². The summed E-state index contributed by atoms with van der Waals surface area (Å²) in [6.45, 7) is 2.44. The van der Waals surface area contributed by atoms with Crippen molar-refractivity contribution < 1.29 is 14.7 Å². The van der Waals surface area contributed by atoms with E-state index >= 15 is 0 Å². The van der Waals surface area contributed by atoms with Crippen LogP contribution in [0.2, 0.25) is 0 Å². The summed E-state index contributed by atoms with van der Waals surface area (Å²) in [6.07, 6.45) is 0. The molecule has 1 saturated heterocycles. The Labute approximate surface area is 130 Å². The maximum atomic E-state index is 12.2. The standard InChI is InChI=1S/C14H14BrN3O3/c1-8-6-18(7-10(8)13(19)20)14(21)17-12-3-2-9(5-16)4-11(12)15/h2-4,8,10H,6-7H2,1H3,(H,17,21)(H,19,20). The number of urea groups is 1. The molecule has 0 saturated carbocycles. The van der Waals surface area contributed by atoms with Crippen LogP contribution in [0.3, 0.4) is 0 Å². The molecule has 0 aliphatic carbocycles. The average Bonchev–Trinajstić information content (AvgIpc) is 2.83. The maximum absolute atomic E-state index is 12.2. The molecule has 2 rings (SSSR count). The Morgan fingerprint density at radius 3 is 2.71 bits per heavy atom. The van der Waals surface area contributed by atoms with E-state index in [1.807, 2.05) is 13.0 Å². The number of carboxylic acids is 1. The van der Waals surface area contributed by atoms with Gasteiger partial charge in [-0.15, -0.1) is 0 Å². The smallest absolute Gasteiger partial charge is 0.321 e. The van der Waals surface area contributed by atoms with Crippen molar-refractivity contribution >= 4 is 33.6 Å². The molecule has 0 aromatic heterocycles. The molecule has 0 bridgehead atoms. The third-order valence-electron chi connectivity index (χ3n) is 3.56. The van der Waals surface area contributed by atoms with Gasteiger partial charge in [0.05, 0.1) is 23.2 Å². The monoisotopic (exact) mass is 351 g/mol. The maximum Gasteiger partial charge on any atom is 0.321 e. The van der Waals surface area contributed by atoms with E-state index in [0.29, 0.717) is 22.3 Å². The van der Waals surface area contributed by atoms with Crippen molar-refractivity contribution in [3.05, 3.63) is 28.2 Å². The van der Waals surface area contributed by atoms with Crippen molar-refractivity contribution in [2.75, 3.05) is 18.4 Å². The second-order valence-electron chi connectivity index (χ2n) is 5.06. The number of hydrogen-bond acceptors (Lipinski definition) is 3. The summed E-state index contributed by atoms with van der Waals surface area (Å²) in [4.78, 5) is 24.7. The second-order valence-corrected chi connectivity index (χ2v) is 5.92. The van der Waals surface area contributed by atoms with Gasteiger partial charge in [-0.05, 0) is 40.0 Å². The first-order chi connectivity index (χ1) is 9.92. The zero-order chi connectivity index (χ0) is 15.6. The highest BCUT2D eigenvalue weighted by molar-refractivity contribution is 9.10. The van der Waals surface area contributed by atoms with Crippen LogP contribution in [0, 0.1) is 23.2 Å². The van der Waals surface area contributed by atoms with Gasteiger partial charge < -0.3 is 15.3 Å². The summed E-state index contributed by atoms with van der Waals surface area (Å²) >= 11 is 3.29. The number of halogens is 1. The number of nitrogens with one attached hydrogen (secondary N) is 1. The van der Waals surface area contributed by atoms with E-state index in [1.54, 1.807) is 18.2 Å². The number of carbonyl (C=O) groups excluding carboxylic acids is 1. The molecule has 0 radical (unpaired) electrons. The van der Waals surface area contributed by atoms with Gasteiger partial charge in [0, 0.05) is 17.6 Å². The Kier molecular flexibility index (Phi) is 4.48. The third-order valence-corrected chi connectivity index (χ3v) is 4.21. The van der Waals surface area contributed by atoms with Crippen LogP contribution in [-0.4, -0.2) is 35.1 Å². The van der Waals surface area contributed by atoms with Crippen molar-refractivity contribution in [1.29, 1.82) is 5.26 Å². The molecule has 1 aromatic carbocycles. The lowest BCUT2D eigenvalue weighted by molar-refractivity contribution is -0.142. The molecule has 1 aromatic rings. The van der Waals surface area contributed by atoms with Crippen molar-refractivity contribution in [3.8, 4) is 6.07 Å². The fraction of sp³-hybridized carbons (Fsp3) is 0.357. The Morgan fingerprint density at radius 1 is 1.48 bits per heavy atom. The number of rotatable bonds is 2. The highest BCUT2D eigenvalue weighted by atomic mass is 79.9. The molecule has 1 heterocycles. The number of aliphatic carboxylic acids is 1. The Bertz CT molecular complexity index is 626. The van der Waals surface area contributed by atoms with E-state index < -0.39 is 11.9 Å². The molecule has 1 aliphatic rings. The molecular weight excluding hydrogens is 338 g/mol. The van der Waals surface area contributed by atoms with Gasteiger partial charge in [0.1, 0.15) is 0 Å². The van der Waals surface area contributed by atoms with Crippen molar-refractivity contribution in [2.24, 2.45) is 11.8 Å². The summed E-state index contributed by atoms with van der Waals surface area (Å²) in [6, 6.07) is 6.52. The van der Waals surface area contributed by atoms with E-state index in [1.165, 1.54) is 4.90 Å². The number of likely N-dealkylation sites (tertiary alicyclic amines) is 1. The summed E-state index contributed by atoms with van der Waals surface area (Å²) in [5.74, 6) is -1.48. The molecule has 21 heavy (non-hydrogen) atoms. The van der Waals surface area contributed by atoms with Crippen LogP contribution in [-0.2, 0) is 4.79 Å². The molecule has 6 nitrogen and oxygen atoms in total. The van der Waals surface area contributed by atoms with Crippen LogP contribution in [0.5, 0.6) is 0 Å². The quantitative estimate of drug-likeness (QED) is 0.855. The number of nitriles is 1. The first-order valence-electron chi connectivity index (χ1n) is 6.40. The van der Waals surface area contributed by atoms with Crippen LogP contribution in [0.15, 0.2) is 22.7 Å². The predicted octanol–water partition coefficient (Wildman–Crippen LogP) is 2.51. The lowest BCUT2D eigenvalue weighted by atomic mass is 9.99. The first-order valence-corrected chi connectivity index (χ1v) is 7.20. The van der Waals surface area contributed by atoms with E-state index in [2.05, 4.69) is 21.2 Å². The van der Waals surface area contributed by atoms with E-state index in [-0.39, 0.29) is 18.5 Å². The number of nitrogens with zero attached hydrogens (tertiary/aromatic N) is 2. The SMILES string of the molecule is CC1CN(C(=O)Nc2ccc(C#N)cc2Br)CC1C(=O)O. The van der Waals surface area contributed by atoms with Crippen LogP contribution in [0.4, 0.5) is 10.5 Å². The fourth-order valence-electron chi connectivity index (χ4n) is 2.33. The molecule has 2 amide bonds. The minimum Gasteiger partial charge on any atom is -0.481 e. The summed E-state index contributed by atoms with van der Waals surface area (Å²) in [5, 5.41) is 20.6. The molecule has 1 aliphatic heterocycles. The van der Waals surface area contributed by atoms with Crippen molar-refractivity contribution in [1.82, 2.24) is 4.90 Å². The molecule has 2 atom stereocenters. The van der Waals surface area contributed by atoms with Gasteiger partial charge in [0.2, 0.25) is 0 Å². The zero-order valence-corrected chi connectivity index (χ0v) is 12.9. The summed E-state index contributed by atoms with van der Waals surface area (Å²) in [5.41, 5.74) is 1.03. The molecule has 110 valence electrons. The zero-order valence-electron chi connectivity index (χ0n) is 11.3. The number of carboxylic acid groups (broad SMARTS) is 1. The van der Waals surface area contributed by atoms with Crippen LogP contribution in [0.25, 0.3) is 0 Å². The lowest BCUT2D eigenvalue weighted by Gasteiger charge is -2.17. The number of benzene rings is 1. The first kappa shape index (κ1) is 15.3. The van der Waals surface area contributed by atoms with Gasteiger partial charge in [-0.3, -0.25) is 4.79 Å². The van der Waals surface area contributed by atoms with Gasteiger partial charge in [0.25, 0.3) is 0 Å². The van der Waals surface area contributed by atoms with Gasteiger partial charge in [-0.1, -0.05) is 6.92 Å². The van der Waals surface area contributed by atoms with E-state index in [4.69, 9.17) is 10.4 Å². The fourth-order valence-corrected chi connectivity index (χ4v) is 2.81. The number of carbonyl (C=O) groups is 2. The van der Waals surface area contributed by atoms with Crippen molar-refractivity contribution in [3.63, 3.8) is 0 Å². The Morgan fingerprint density at radius 2 is 2.19 bits per heavy atom. The van der Waals surface area contributed by atoms with Gasteiger partial charge in [-0.25, -0.2) is 4.79 Å². The largest absolute Gasteiger partial charge is 0.481 e. The molecule has 2 N–H and O–H groups in total. The molecular formula is C14H14BrN3O3. The third kappa shape index (κ3) is 3.34. The summed E-state index contributed by atoms with van der Waals surface area (Å²) < 4.78 is 0.608. The number of amides is 2. The van der Waals surface area contributed by atoms with Crippen LogP contribution >= 0.6 is 15.9 Å². The average molecular weight is 352 g/mol. The molecule has 7 heteroatoms. The topological polar surface area (TPSA) is 93.4 Å². The Hall–Kier alpha value is -2.07. The van der Waals surface area contributed by atoms with Gasteiger partial charge >= 0.3 is 12.0 Å². The molecule has 1 fully saturated rings. The Balaban J connectivity index is 2.06. The number of hydrogen-bond donors (Lipinski definition) is 2. The normalized spacial score (nSPS) is 20.9. The highest BCUT2D eigenvalue weighted by Crippen LogP contribution is 2.26. The minimum absolute atomic E-state index is 0.0716. The lowest BCUT2D eigenvalue weighted by Crippen LogP contribution is -2.33. The van der Waals surface area contributed by atoms with Gasteiger partial charge in [0.15, 0.2) is 0 Å². The second kappa shape index (κ2) is 6.14. The minimum atomic E-state index is -0.877. The van der Waals surface area contributed by atoms with E-state index in [0.717, 1.165) is 0 Å². The van der Waals surface area contributed by atoms with Crippen LogP contribution in [0.1, 0.15) is 12.5 Å². The number of anilines is 1. The van der Waals surface area contributed by atoms with E-state index in [9.17, 15) is 9.59 Å².